The van der Waals surface area contributed by atoms with E-state index in [1.807, 2.05) is 26.0 Å². The van der Waals surface area contributed by atoms with Gasteiger partial charge in [-0.3, -0.25) is 5.32 Å². The van der Waals surface area contributed by atoms with Gasteiger partial charge in [0.15, 0.2) is 0 Å². The molecule has 1 aromatic rings. The highest BCUT2D eigenvalue weighted by atomic mass is 16.5. The van der Waals surface area contributed by atoms with E-state index in [1.165, 1.54) is 5.56 Å². The summed E-state index contributed by atoms with van der Waals surface area (Å²) in [6.45, 7) is 7.45. The van der Waals surface area contributed by atoms with E-state index in [1.54, 1.807) is 7.11 Å². The van der Waals surface area contributed by atoms with Crippen LogP contribution in [0.25, 0.3) is 0 Å². The number of esters is 1. The standard InChI is InChI=1S/C17H27NO3/c1-5-14-8-10-15(11-9-14)17(6-2,16(19)21-7-3)18-12-13-20-4/h8-11,18H,5-7,12-13H2,1-4H3. The molecule has 118 valence electrons. The lowest BCUT2D eigenvalue weighted by molar-refractivity contribution is -0.152. The molecule has 1 aromatic carbocycles. The maximum atomic E-state index is 12.5. The van der Waals surface area contributed by atoms with Crippen molar-refractivity contribution < 1.29 is 14.3 Å². The fraction of sp³-hybridized carbons (Fsp3) is 0.588. The molecule has 4 nitrogen and oxygen atoms in total. The second-order valence-electron chi connectivity index (χ2n) is 4.95. The van der Waals surface area contributed by atoms with Gasteiger partial charge in [-0.05, 0) is 30.9 Å². The topological polar surface area (TPSA) is 47.6 Å². The zero-order chi connectivity index (χ0) is 15.7. The predicted molar refractivity (Wildman–Crippen MR) is 84.3 cm³/mol. The number of hydrogen-bond donors (Lipinski definition) is 1. The van der Waals surface area contributed by atoms with Crippen molar-refractivity contribution >= 4 is 5.97 Å². The van der Waals surface area contributed by atoms with Gasteiger partial charge in [0.1, 0.15) is 5.54 Å². The van der Waals surface area contributed by atoms with Crippen LogP contribution in [0.4, 0.5) is 0 Å². The summed E-state index contributed by atoms with van der Waals surface area (Å²) in [4.78, 5) is 12.5. The minimum absolute atomic E-state index is 0.229. The smallest absolute Gasteiger partial charge is 0.330 e. The summed E-state index contributed by atoms with van der Waals surface area (Å²) in [6, 6.07) is 8.16. The summed E-state index contributed by atoms with van der Waals surface area (Å²) in [6.07, 6.45) is 1.61. The normalized spacial score (nSPS) is 13.7. The molecule has 1 atom stereocenters. The van der Waals surface area contributed by atoms with Crippen molar-refractivity contribution in [2.24, 2.45) is 0 Å². The van der Waals surface area contributed by atoms with E-state index in [9.17, 15) is 4.79 Å². The van der Waals surface area contributed by atoms with Crippen molar-refractivity contribution in [1.82, 2.24) is 5.32 Å². The summed E-state index contributed by atoms with van der Waals surface area (Å²) in [5.41, 5.74) is 1.39. The molecule has 0 amide bonds. The van der Waals surface area contributed by atoms with Crippen LogP contribution < -0.4 is 5.32 Å². The average molecular weight is 293 g/mol. The SMILES string of the molecule is CCOC(=O)C(CC)(NCCOC)c1ccc(CC)cc1. The van der Waals surface area contributed by atoms with Gasteiger partial charge in [0.25, 0.3) is 0 Å². The van der Waals surface area contributed by atoms with Crippen LogP contribution in [0.1, 0.15) is 38.3 Å². The van der Waals surface area contributed by atoms with Crippen LogP contribution in [0, 0.1) is 0 Å². The van der Waals surface area contributed by atoms with Gasteiger partial charge < -0.3 is 9.47 Å². The van der Waals surface area contributed by atoms with Gasteiger partial charge in [-0.15, -0.1) is 0 Å². The number of methoxy groups -OCH3 is 1. The van der Waals surface area contributed by atoms with Gasteiger partial charge in [-0.2, -0.15) is 0 Å². The Labute approximate surface area is 127 Å². The molecule has 1 N–H and O–H groups in total. The Balaban J connectivity index is 3.09. The number of hydrogen-bond acceptors (Lipinski definition) is 4. The second kappa shape index (κ2) is 8.80. The first-order valence-corrected chi connectivity index (χ1v) is 7.65. The fourth-order valence-corrected chi connectivity index (χ4v) is 2.41. The summed E-state index contributed by atoms with van der Waals surface area (Å²) < 4.78 is 10.4. The molecule has 21 heavy (non-hydrogen) atoms. The van der Waals surface area contributed by atoms with E-state index in [0.717, 1.165) is 12.0 Å². The van der Waals surface area contributed by atoms with Gasteiger partial charge in [0.2, 0.25) is 0 Å². The van der Waals surface area contributed by atoms with Crippen molar-refractivity contribution in [2.45, 2.75) is 39.2 Å². The van der Waals surface area contributed by atoms with E-state index < -0.39 is 5.54 Å². The number of carbonyl (C=O) groups excluding carboxylic acids is 1. The van der Waals surface area contributed by atoms with Gasteiger partial charge in [-0.25, -0.2) is 4.79 Å². The monoisotopic (exact) mass is 293 g/mol. The molecule has 0 aliphatic rings. The second-order valence-corrected chi connectivity index (χ2v) is 4.95. The molecular formula is C17H27NO3. The Bertz CT molecular complexity index is 430. The van der Waals surface area contributed by atoms with Gasteiger partial charge in [0.05, 0.1) is 13.2 Å². The molecule has 1 unspecified atom stereocenters. The Morgan fingerprint density at radius 2 is 1.86 bits per heavy atom. The van der Waals surface area contributed by atoms with E-state index in [0.29, 0.717) is 26.2 Å². The zero-order valence-corrected chi connectivity index (χ0v) is 13.6. The molecule has 0 radical (unpaired) electrons. The highest BCUT2D eigenvalue weighted by molar-refractivity contribution is 5.82. The minimum atomic E-state index is -0.805. The fourth-order valence-electron chi connectivity index (χ4n) is 2.41. The molecule has 0 saturated carbocycles. The number of rotatable bonds is 9. The Morgan fingerprint density at radius 3 is 2.33 bits per heavy atom. The van der Waals surface area contributed by atoms with E-state index in [-0.39, 0.29) is 5.97 Å². The van der Waals surface area contributed by atoms with Crippen molar-refractivity contribution in [3.8, 4) is 0 Å². The zero-order valence-electron chi connectivity index (χ0n) is 13.6. The number of nitrogens with one attached hydrogen (secondary N) is 1. The lowest BCUT2D eigenvalue weighted by atomic mass is 9.86. The van der Waals surface area contributed by atoms with Gasteiger partial charge in [-0.1, -0.05) is 38.1 Å². The summed E-state index contributed by atoms with van der Waals surface area (Å²) >= 11 is 0. The maximum absolute atomic E-state index is 12.5. The first-order chi connectivity index (χ1) is 10.1. The summed E-state index contributed by atoms with van der Waals surface area (Å²) in [5, 5.41) is 3.32. The predicted octanol–water partition coefficient (Wildman–Crippen LogP) is 2.65. The van der Waals surface area contributed by atoms with Gasteiger partial charge in [0, 0.05) is 13.7 Å². The van der Waals surface area contributed by atoms with E-state index in [2.05, 4.69) is 24.4 Å². The number of benzene rings is 1. The molecule has 0 heterocycles. The Kier molecular flexibility index (Phi) is 7.40. The lowest BCUT2D eigenvalue weighted by Crippen LogP contribution is -2.50. The van der Waals surface area contributed by atoms with Crippen molar-refractivity contribution in [3.63, 3.8) is 0 Å². The molecular weight excluding hydrogens is 266 g/mol. The van der Waals surface area contributed by atoms with Crippen molar-refractivity contribution in [2.75, 3.05) is 26.9 Å². The molecule has 0 aliphatic carbocycles. The van der Waals surface area contributed by atoms with Crippen LogP contribution in [0.3, 0.4) is 0 Å². The molecule has 4 heteroatoms. The quantitative estimate of drug-likeness (QED) is 0.562. The van der Waals surface area contributed by atoms with Crippen LogP contribution in [0.5, 0.6) is 0 Å². The molecule has 1 rings (SSSR count). The third-order valence-corrected chi connectivity index (χ3v) is 3.74. The minimum Gasteiger partial charge on any atom is -0.464 e. The number of aryl methyl sites for hydroxylation is 1. The van der Waals surface area contributed by atoms with E-state index >= 15 is 0 Å². The van der Waals surface area contributed by atoms with Crippen molar-refractivity contribution in [1.29, 1.82) is 0 Å². The average Bonchev–Trinajstić information content (AvgIpc) is 2.52. The molecule has 0 aromatic heterocycles. The van der Waals surface area contributed by atoms with Crippen LogP contribution in [-0.4, -0.2) is 32.8 Å². The van der Waals surface area contributed by atoms with Crippen molar-refractivity contribution in [3.05, 3.63) is 35.4 Å². The highest BCUT2D eigenvalue weighted by Crippen LogP contribution is 2.27. The molecule has 0 fully saturated rings. The Morgan fingerprint density at radius 1 is 1.19 bits per heavy atom. The largest absolute Gasteiger partial charge is 0.464 e. The first-order valence-electron chi connectivity index (χ1n) is 7.65. The third-order valence-electron chi connectivity index (χ3n) is 3.74. The summed E-state index contributed by atoms with van der Waals surface area (Å²) in [5.74, 6) is -0.229. The molecule has 0 aliphatic heterocycles. The molecule has 0 saturated heterocycles. The van der Waals surface area contributed by atoms with E-state index in [4.69, 9.17) is 9.47 Å². The third kappa shape index (κ3) is 4.29. The number of ether oxygens (including phenoxy) is 2. The highest BCUT2D eigenvalue weighted by Gasteiger charge is 2.39. The molecule has 0 bridgehead atoms. The first kappa shape index (κ1) is 17.7. The van der Waals surface area contributed by atoms with Crippen LogP contribution in [0.2, 0.25) is 0 Å². The lowest BCUT2D eigenvalue weighted by Gasteiger charge is -2.32. The Hall–Kier alpha value is -1.39. The maximum Gasteiger partial charge on any atom is 0.330 e. The van der Waals surface area contributed by atoms with Crippen LogP contribution in [0.15, 0.2) is 24.3 Å². The number of carbonyl (C=O) groups is 1. The molecule has 0 spiro atoms. The van der Waals surface area contributed by atoms with Gasteiger partial charge >= 0.3 is 5.97 Å². The summed E-state index contributed by atoms with van der Waals surface area (Å²) in [7, 11) is 1.65. The van der Waals surface area contributed by atoms with Crippen LogP contribution >= 0.6 is 0 Å². The van der Waals surface area contributed by atoms with Crippen LogP contribution in [-0.2, 0) is 26.2 Å².